The second-order valence-corrected chi connectivity index (χ2v) is 11.3. The average molecular weight is 563 g/mol. The Balaban J connectivity index is 1.55. The molecule has 8 nitrogen and oxygen atoms in total. The quantitative estimate of drug-likeness (QED) is 0.188. The first kappa shape index (κ1) is 30.0. The molecule has 0 spiro atoms. The van der Waals surface area contributed by atoms with Gasteiger partial charge >= 0.3 is 0 Å². The number of benzene rings is 2. The van der Waals surface area contributed by atoms with E-state index in [4.69, 9.17) is 0 Å². The summed E-state index contributed by atoms with van der Waals surface area (Å²) < 4.78 is 15.5. The molecule has 41 heavy (non-hydrogen) atoms. The molecule has 0 saturated heterocycles. The highest BCUT2D eigenvalue weighted by Crippen LogP contribution is 2.25. The number of carbonyl (C=O) groups is 2. The van der Waals surface area contributed by atoms with Crippen LogP contribution in [0.5, 0.6) is 0 Å². The van der Waals surface area contributed by atoms with Gasteiger partial charge in [0.05, 0.1) is 11.5 Å². The molecule has 0 atom stereocenters. The molecule has 1 aliphatic rings. The topological polar surface area (TPSA) is 88.7 Å². The Morgan fingerprint density at radius 3 is 2.34 bits per heavy atom. The minimum Gasteiger partial charge on any atom is -0.345 e. The summed E-state index contributed by atoms with van der Waals surface area (Å²) in [6.07, 6.45) is 7.82. The molecule has 0 aliphatic heterocycles. The van der Waals surface area contributed by atoms with Crippen LogP contribution in [-0.2, 0) is 17.9 Å². The molecular weight excluding hydrogens is 523 g/mol. The summed E-state index contributed by atoms with van der Waals surface area (Å²) >= 11 is 0. The zero-order valence-electron chi connectivity index (χ0n) is 23.9. The molecule has 1 heterocycles. The molecule has 1 aromatic heterocycles. The van der Waals surface area contributed by atoms with Gasteiger partial charge in [0.1, 0.15) is 12.4 Å². The first-order chi connectivity index (χ1) is 19.7. The lowest BCUT2D eigenvalue weighted by Crippen LogP contribution is -2.48. The number of nitro benzene ring substituents is 1. The molecule has 0 bridgehead atoms. The van der Waals surface area contributed by atoms with Gasteiger partial charge in [-0.2, -0.15) is 0 Å². The lowest BCUT2D eigenvalue weighted by atomic mass is 9.94. The van der Waals surface area contributed by atoms with Gasteiger partial charge in [-0.25, -0.2) is 4.39 Å². The number of non-ortho nitro benzene ring substituents is 1. The molecule has 1 fully saturated rings. The fourth-order valence-electron chi connectivity index (χ4n) is 5.35. The van der Waals surface area contributed by atoms with Crippen molar-refractivity contribution in [3.63, 3.8) is 0 Å². The van der Waals surface area contributed by atoms with Gasteiger partial charge < -0.3 is 14.4 Å². The molecule has 0 N–H and O–H groups in total. The molecule has 218 valence electrons. The van der Waals surface area contributed by atoms with Gasteiger partial charge in [-0.05, 0) is 67.1 Å². The van der Waals surface area contributed by atoms with Crippen molar-refractivity contribution in [1.82, 2.24) is 14.4 Å². The number of amides is 2. The van der Waals surface area contributed by atoms with Crippen LogP contribution in [0.15, 0.2) is 66.9 Å². The van der Waals surface area contributed by atoms with E-state index < -0.39 is 4.92 Å². The Kier molecular flexibility index (Phi) is 10.3. The van der Waals surface area contributed by atoms with Crippen molar-refractivity contribution in [2.45, 2.75) is 71.5 Å². The minimum absolute atomic E-state index is 0.0578. The highest BCUT2D eigenvalue weighted by molar-refractivity contribution is 5.96. The number of halogens is 1. The molecule has 2 aromatic carbocycles. The van der Waals surface area contributed by atoms with E-state index in [1.807, 2.05) is 23.2 Å². The summed E-state index contributed by atoms with van der Waals surface area (Å²) in [5.41, 5.74) is 2.18. The van der Waals surface area contributed by atoms with Gasteiger partial charge in [0.15, 0.2) is 0 Å². The molecule has 4 rings (SSSR count). The zero-order valence-corrected chi connectivity index (χ0v) is 23.9. The Morgan fingerprint density at radius 1 is 1.02 bits per heavy atom. The summed E-state index contributed by atoms with van der Waals surface area (Å²) in [6.45, 7) is 5.48. The van der Waals surface area contributed by atoms with E-state index in [0.717, 1.165) is 49.8 Å². The zero-order chi connectivity index (χ0) is 29.4. The van der Waals surface area contributed by atoms with Crippen LogP contribution in [0, 0.1) is 21.8 Å². The average Bonchev–Trinajstić information content (AvgIpc) is 3.41. The Hall–Kier alpha value is -4.01. The predicted molar refractivity (Wildman–Crippen MR) is 156 cm³/mol. The van der Waals surface area contributed by atoms with Crippen LogP contribution in [0.3, 0.4) is 0 Å². The Bertz CT molecular complexity index is 1310. The third kappa shape index (κ3) is 8.25. The van der Waals surface area contributed by atoms with E-state index in [2.05, 4.69) is 18.4 Å². The van der Waals surface area contributed by atoms with E-state index >= 15 is 0 Å². The van der Waals surface area contributed by atoms with Crippen molar-refractivity contribution in [2.75, 3.05) is 13.1 Å². The summed E-state index contributed by atoms with van der Waals surface area (Å²) in [6, 6.07) is 16.0. The van der Waals surface area contributed by atoms with Gasteiger partial charge in [-0.3, -0.25) is 19.7 Å². The highest BCUT2D eigenvalue weighted by atomic mass is 19.1. The number of aromatic nitrogens is 1. The number of hydrogen-bond donors (Lipinski definition) is 0. The van der Waals surface area contributed by atoms with Crippen LogP contribution in [-0.4, -0.2) is 50.2 Å². The molecular formula is C32H39FN4O4. The number of hydrogen-bond acceptors (Lipinski definition) is 4. The van der Waals surface area contributed by atoms with Crippen molar-refractivity contribution >= 4 is 17.5 Å². The maximum Gasteiger partial charge on any atom is 0.269 e. The molecule has 0 unspecified atom stereocenters. The fourth-order valence-corrected chi connectivity index (χ4v) is 5.35. The summed E-state index contributed by atoms with van der Waals surface area (Å²) in [4.78, 5) is 41.6. The van der Waals surface area contributed by atoms with Gasteiger partial charge in [0.2, 0.25) is 5.91 Å². The third-order valence-corrected chi connectivity index (χ3v) is 7.77. The standard InChI is InChI=1S/C32H39FN4O4/c1-24(2)18-20-35(32(39)26-12-16-29(17-13-26)37(40)41)23-31(38)36(28-7-4-3-5-8-28)22-30-9-6-19-34(30)21-25-10-14-27(33)15-11-25/h6,9-17,19,24,28H,3-5,7-8,18,20-23H2,1-2H3. The van der Waals surface area contributed by atoms with Crippen LogP contribution >= 0.6 is 0 Å². The van der Waals surface area contributed by atoms with Crippen LogP contribution in [0.2, 0.25) is 0 Å². The van der Waals surface area contributed by atoms with Gasteiger partial charge in [-0.1, -0.05) is 45.2 Å². The SMILES string of the molecule is CC(C)CCN(CC(=O)N(Cc1cccn1Cc1ccc(F)cc1)C1CCCCC1)C(=O)c1ccc([N+](=O)[O-])cc1. The van der Waals surface area contributed by atoms with Crippen molar-refractivity contribution in [3.8, 4) is 0 Å². The maximum atomic E-state index is 14.0. The number of nitrogens with zero attached hydrogens (tertiary/aromatic N) is 4. The predicted octanol–water partition coefficient (Wildman–Crippen LogP) is 6.43. The molecule has 2 amide bonds. The van der Waals surface area contributed by atoms with Crippen LogP contribution < -0.4 is 0 Å². The van der Waals surface area contributed by atoms with Crippen LogP contribution in [0.1, 0.15) is 74.0 Å². The van der Waals surface area contributed by atoms with Crippen molar-refractivity contribution in [1.29, 1.82) is 0 Å². The van der Waals surface area contributed by atoms with Crippen LogP contribution in [0.4, 0.5) is 10.1 Å². The summed E-state index contributed by atoms with van der Waals surface area (Å²) in [5, 5.41) is 11.1. The van der Waals surface area contributed by atoms with Crippen molar-refractivity contribution in [3.05, 3.63) is 99.6 Å². The van der Waals surface area contributed by atoms with E-state index in [1.165, 1.54) is 36.4 Å². The molecule has 9 heteroatoms. The maximum absolute atomic E-state index is 14.0. The molecule has 0 radical (unpaired) electrons. The largest absolute Gasteiger partial charge is 0.345 e. The molecule has 1 aliphatic carbocycles. The molecule has 1 saturated carbocycles. The Morgan fingerprint density at radius 2 is 1.71 bits per heavy atom. The number of rotatable bonds is 12. The summed E-state index contributed by atoms with van der Waals surface area (Å²) in [7, 11) is 0. The lowest BCUT2D eigenvalue weighted by molar-refractivity contribution is -0.384. The first-order valence-corrected chi connectivity index (χ1v) is 14.4. The van der Waals surface area contributed by atoms with Gasteiger partial charge in [0.25, 0.3) is 11.6 Å². The van der Waals surface area contributed by atoms with E-state index in [1.54, 1.807) is 17.0 Å². The van der Waals surface area contributed by atoms with Gasteiger partial charge in [0, 0.05) is 48.7 Å². The van der Waals surface area contributed by atoms with E-state index in [9.17, 15) is 24.1 Å². The van der Waals surface area contributed by atoms with E-state index in [0.29, 0.717) is 31.1 Å². The third-order valence-electron chi connectivity index (χ3n) is 7.77. The number of carbonyl (C=O) groups excluding carboxylic acids is 2. The Labute approximate surface area is 240 Å². The second kappa shape index (κ2) is 14.1. The normalized spacial score (nSPS) is 13.8. The smallest absolute Gasteiger partial charge is 0.269 e. The van der Waals surface area contributed by atoms with Crippen LogP contribution in [0.25, 0.3) is 0 Å². The van der Waals surface area contributed by atoms with Crippen molar-refractivity contribution < 1.29 is 18.9 Å². The summed E-state index contributed by atoms with van der Waals surface area (Å²) in [5.74, 6) is -0.357. The minimum atomic E-state index is -0.498. The second-order valence-electron chi connectivity index (χ2n) is 11.3. The lowest BCUT2D eigenvalue weighted by Gasteiger charge is -2.36. The molecule has 3 aromatic rings. The first-order valence-electron chi connectivity index (χ1n) is 14.4. The van der Waals surface area contributed by atoms with Gasteiger partial charge in [-0.15, -0.1) is 0 Å². The highest BCUT2D eigenvalue weighted by Gasteiger charge is 2.29. The number of nitro groups is 1. The monoisotopic (exact) mass is 562 g/mol. The fraction of sp³-hybridized carbons (Fsp3) is 0.438. The van der Waals surface area contributed by atoms with E-state index in [-0.39, 0.29) is 35.9 Å². The van der Waals surface area contributed by atoms with Crippen molar-refractivity contribution in [2.24, 2.45) is 5.92 Å².